The molecule has 88 valence electrons. The van der Waals surface area contributed by atoms with Crippen molar-refractivity contribution >= 4 is 0 Å². The van der Waals surface area contributed by atoms with Gasteiger partial charge in [-0.25, -0.2) is 0 Å². The van der Waals surface area contributed by atoms with E-state index in [1.165, 1.54) is 6.42 Å². The lowest BCUT2D eigenvalue weighted by Crippen LogP contribution is -2.25. The number of nitrogens with one attached hydrogen (secondary N) is 1. The van der Waals surface area contributed by atoms with E-state index in [9.17, 15) is 5.11 Å². The van der Waals surface area contributed by atoms with Crippen molar-refractivity contribution in [3.63, 3.8) is 0 Å². The Kier molecular flexibility index (Phi) is 5.65. The molecular formula is C14H21NO. The van der Waals surface area contributed by atoms with Crippen LogP contribution in [-0.2, 0) is 6.54 Å². The zero-order valence-electron chi connectivity index (χ0n) is 9.95. The van der Waals surface area contributed by atoms with Crippen LogP contribution in [0.4, 0.5) is 0 Å². The van der Waals surface area contributed by atoms with E-state index in [0.29, 0.717) is 11.8 Å². The molecule has 0 aliphatic rings. The van der Waals surface area contributed by atoms with Crippen LogP contribution in [0.1, 0.15) is 31.7 Å². The van der Waals surface area contributed by atoms with Crippen LogP contribution < -0.4 is 5.32 Å². The second kappa shape index (κ2) is 7.07. The first-order valence-electron chi connectivity index (χ1n) is 5.84. The highest BCUT2D eigenvalue weighted by Crippen LogP contribution is 2.11. The van der Waals surface area contributed by atoms with Gasteiger partial charge in [0, 0.05) is 12.6 Å². The predicted octanol–water partition coefficient (Wildman–Crippen LogP) is 3.23. The number of unbranched alkanes of at least 4 members (excludes halogenated alkanes) is 1. The summed E-state index contributed by atoms with van der Waals surface area (Å²) in [4.78, 5) is 0. The number of benzene rings is 1. The van der Waals surface area contributed by atoms with Gasteiger partial charge in [-0.2, -0.15) is 0 Å². The second-order valence-electron chi connectivity index (χ2n) is 4.17. The van der Waals surface area contributed by atoms with Gasteiger partial charge >= 0.3 is 0 Å². The summed E-state index contributed by atoms with van der Waals surface area (Å²) in [6.07, 6.45) is 5.38. The number of aromatic hydroxyl groups is 1. The van der Waals surface area contributed by atoms with Crippen LogP contribution in [0.2, 0.25) is 0 Å². The topological polar surface area (TPSA) is 32.3 Å². The average molecular weight is 219 g/mol. The molecule has 0 aliphatic heterocycles. The molecule has 0 amide bonds. The summed E-state index contributed by atoms with van der Waals surface area (Å²) < 4.78 is 0. The van der Waals surface area contributed by atoms with Crippen molar-refractivity contribution < 1.29 is 5.11 Å². The van der Waals surface area contributed by atoms with Crippen LogP contribution in [-0.4, -0.2) is 11.1 Å². The fraction of sp³-hybridized carbons (Fsp3) is 0.429. The Morgan fingerprint density at radius 1 is 1.50 bits per heavy atom. The molecule has 2 N–H and O–H groups in total. The van der Waals surface area contributed by atoms with Crippen molar-refractivity contribution in [3.8, 4) is 5.75 Å². The van der Waals surface area contributed by atoms with Crippen molar-refractivity contribution in [2.45, 2.75) is 38.8 Å². The van der Waals surface area contributed by atoms with Crippen LogP contribution in [0.3, 0.4) is 0 Å². The molecule has 1 unspecified atom stereocenters. The summed E-state index contributed by atoms with van der Waals surface area (Å²) >= 11 is 0. The Morgan fingerprint density at radius 3 is 3.00 bits per heavy atom. The first kappa shape index (κ1) is 12.8. The van der Waals surface area contributed by atoms with Gasteiger partial charge in [0.25, 0.3) is 0 Å². The fourth-order valence-electron chi connectivity index (χ4n) is 1.63. The molecule has 0 bridgehead atoms. The van der Waals surface area contributed by atoms with E-state index < -0.39 is 0 Å². The minimum atomic E-state index is 0.332. The van der Waals surface area contributed by atoms with Gasteiger partial charge in [0.2, 0.25) is 0 Å². The van der Waals surface area contributed by atoms with Gasteiger partial charge in [0.15, 0.2) is 0 Å². The summed E-state index contributed by atoms with van der Waals surface area (Å²) in [5, 5.41) is 12.8. The first-order chi connectivity index (χ1) is 7.72. The molecule has 1 aromatic rings. The maximum atomic E-state index is 9.31. The van der Waals surface area contributed by atoms with Crippen LogP contribution in [0.5, 0.6) is 5.75 Å². The zero-order chi connectivity index (χ0) is 11.8. The smallest absolute Gasteiger partial charge is 0.115 e. The van der Waals surface area contributed by atoms with Crippen LogP contribution in [0.15, 0.2) is 36.9 Å². The van der Waals surface area contributed by atoms with Gasteiger partial charge in [-0.05, 0) is 43.9 Å². The van der Waals surface area contributed by atoms with Crippen LogP contribution in [0, 0.1) is 0 Å². The van der Waals surface area contributed by atoms with Gasteiger partial charge in [-0.1, -0.05) is 18.2 Å². The van der Waals surface area contributed by atoms with E-state index in [1.54, 1.807) is 12.1 Å². The van der Waals surface area contributed by atoms with Crippen molar-refractivity contribution in [1.29, 1.82) is 0 Å². The summed E-state index contributed by atoms with van der Waals surface area (Å²) in [5.74, 6) is 0.332. The standard InChI is InChI=1S/C14H21NO/c1-3-4-5-7-12(2)15-11-13-8-6-9-14(16)10-13/h3,6,8-10,12,15-16H,1,4-5,7,11H2,2H3. The Hall–Kier alpha value is -1.28. The Morgan fingerprint density at radius 2 is 2.31 bits per heavy atom. The minimum Gasteiger partial charge on any atom is -0.508 e. The van der Waals surface area contributed by atoms with Gasteiger partial charge in [-0.3, -0.25) is 0 Å². The molecule has 0 fully saturated rings. The van der Waals surface area contributed by atoms with E-state index in [-0.39, 0.29) is 0 Å². The maximum absolute atomic E-state index is 9.31. The highest BCUT2D eigenvalue weighted by molar-refractivity contribution is 5.26. The molecule has 2 heteroatoms. The Bertz CT molecular complexity index is 322. The Labute approximate surface area is 98.0 Å². The van der Waals surface area contributed by atoms with Gasteiger partial charge in [0.1, 0.15) is 5.75 Å². The number of allylic oxidation sites excluding steroid dienone is 1. The molecule has 0 saturated heterocycles. The molecule has 1 aromatic carbocycles. The van der Waals surface area contributed by atoms with Crippen molar-refractivity contribution in [3.05, 3.63) is 42.5 Å². The third-order valence-corrected chi connectivity index (χ3v) is 2.61. The second-order valence-corrected chi connectivity index (χ2v) is 4.17. The van der Waals surface area contributed by atoms with E-state index in [0.717, 1.165) is 24.9 Å². The summed E-state index contributed by atoms with van der Waals surface area (Å²) in [5.41, 5.74) is 1.12. The number of phenolic OH excluding ortho intramolecular Hbond substituents is 1. The molecule has 2 nitrogen and oxygen atoms in total. The molecule has 0 spiro atoms. The summed E-state index contributed by atoms with van der Waals surface area (Å²) in [6.45, 7) is 6.71. The van der Waals surface area contributed by atoms with Crippen molar-refractivity contribution in [2.24, 2.45) is 0 Å². The Balaban J connectivity index is 2.25. The third kappa shape index (κ3) is 4.99. The van der Waals surface area contributed by atoms with E-state index in [4.69, 9.17) is 0 Å². The molecule has 0 aromatic heterocycles. The maximum Gasteiger partial charge on any atom is 0.115 e. The van der Waals surface area contributed by atoms with Gasteiger partial charge in [0.05, 0.1) is 0 Å². The SMILES string of the molecule is C=CCCCC(C)NCc1cccc(O)c1. The highest BCUT2D eigenvalue weighted by Gasteiger charge is 2.01. The molecule has 1 rings (SSSR count). The predicted molar refractivity (Wildman–Crippen MR) is 68.5 cm³/mol. The quantitative estimate of drug-likeness (QED) is 0.545. The minimum absolute atomic E-state index is 0.332. The van der Waals surface area contributed by atoms with E-state index >= 15 is 0 Å². The highest BCUT2D eigenvalue weighted by atomic mass is 16.3. The van der Waals surface area contributed by atoms with Crippen LogP contribution >= 0.6 is 0 Å². The summed E-state index contributed by atoms with van der Waals surface area (Å²) in [6, 6.07) is 7.88. The average Bonchev–Trinajstić information content (AvgIpc) is 2.27. The monoisotopic (exact) mass is 219 g/mol. The number of rotatable bonds is 7. The van der Waals surface area contributed by atoms with Gasteiger partial charge < -0.3 is 10.4 Å². The largest absolute Gasteiger partial charge is 0.508 e. The molecular weight excluding hydrogens is 198 g/mol. The molecule has 0 saturated carbocycles. The molecule has 0 heterocycles. The van der Waals surface area contributed by atoms with Crippen molar-refractivity contribution in [1.82, 2.24) is 5.32 Å². The lowest BCUT2D eigenvalue weighted by atomic mass is 10.1. The zero-order valence-corrected chi connectivity index (χ0v) is 9.95. The molecule has 0 aliphatic carbocycles. The third-order valence-electron chi connectivity index (χ3n) is 2.61. The molecule has 1 atom stereocenters. The number of phenols is 1. The van der Waals surface area contributed by atoms with E-state index in [1.807, 2.05) is 18.2 Å². The normalized spacial score (nSPS) is 12.3. The number of hydrogen-bond acceptors (Lipinski definition) is 2. The number of hydrogen-bond donors (Lipinski definition) is 2. The lowest BCUT2D eigenvalue weighted by Gasteiger charge is -2.13. The van der Waals surface area contributed by atoms with Crippen LogP contribution in [0.25, 0.3) is 0 Å². The fourth-order valence-corrected chi connectivity index (χ4v) is 1.63. The molecule has 16 heavy (non-hydrogen) atoms. The van der Waals surface area contributed by atoms with Gasteiger partial charge in [-0.15, -0.1) is 6.58 Å². The summed E-state index contributed by atoms with van der Waals surface area (Å²) in [7, 11) is 0. The first-order valence-corrected chi connectivity index (χ1v) is 5.84. The lowest BCUT2D eigenvalue weighted by molar-refractivity contribution is 0.471. The molecule has 0 radical (unpaired) electrons. The van der Waals surface area contributed by atoms with Crippen molar-refractivity contribution in [2.75, 3.05) is 0 Å². The van der Waals surface area contributed by atoms with E-state index in [2.05, 4.69) is 18.8 Å².